The van der Waals surface area contributed by atoms with Gasteiger partial charge in [0.25, 0.3) is 0 Å². The highest BCUT2D eigenvalue weighted by atomic mass is 32.1. The van der Waals surface area contributed by atoms with Crippen LogP contribution in [0.1, 0.15) is 79.6 Å². The third kappa shape index (κ3) is 13.1. The van der Waals surface area contributed by atoms with Crippen molar-refractivity contribution in [2.24, 2.45) is 0 Å². The van der Waals surface area contributed by atoms with Crippen molar-refractivity contribution in [1.29, 1.82) is 0 Å². The molecule has 0 spiro atoms. The average molecular weight is 753 g/mol. The molecular weight excluding hydrogens is 710 g/mol. The summed E-state index contributed by atoms with van der Waals surface area (Å²) in [5, 5.41) is 15.2. The van der Waals surface area contributed by atoms with Gasteiger partial charge >= 0.3 is 12.5 Å². The fraction of sp³-hybridized carbons (Fsp3) is 0.421. The smallest absolute Gasteiger partial charge is 0.444 e. The molecule has 11 nitrogen and oxygen atoms in total. The Balaban J connectivity index is 0.993. The minimum absolute atomic E-state index is 0.135. The number of benzene rings is 2. The van der Waals surface area contributed by atoms with Crippen LogP contribution in [0.2, 0.25) is 0 Å². The topological polar surface area (TPSA) is 136 Å². The zero-order valence-electron chi connectivity index (χ0n) is 29.9. The monoisotopic (exact) mass is 752 g/mol. The number of hydrogen-bond donors (Lipinski definition) is 2. The van der Waals surface area contributed by atoms with Crippen LogP contribution in [-0.4, -0.2) is 63.0 Å². The summed E-state index contributed by atoms with van der Waals surface area (Å²) in [7, 11) is 0. The van der Waals surface area contributed by atoms with Gasteiger partial charge in [0.15, 0.2) is 0 Å². The number of halogens is 3. The predicted octanol–water partition coefficient (Wildman–Crippen LogP) is 7.87. The number of unbranched alkanes of at least 4 members (excludes halogenated alkanes) is 1. The molecule has 0 atom stereocenters. The second-order valence-electron chi connectivity index (χ2n) is 13.9. The van der Waals surface area contributed by atoms with Crippen molar-refractivity contribution in [2.75, 3.05) is 23.7 Å². The number of hydrogen-bond acceptors (Lipinski definition) is 9. The second-order valence-corrected chi connectivity index (χ2v) is 15.0. The van der Waals surface area contributed by atoms with Gasteiger partial charge in [0, 0.05) is 25.7 Å². The van der Waals surface area contributed by atoms with Crippen molar-refractivity contribution >= 4 is 40.2 Å². The number of nitrogens with one attached hydrogen (secondary N) is 2. The summed E-state index contributed by atoms with van der Waals surface area (Å²) in [6.07, 6.45) is 1.52. The maximum absolute atomic E-state index is 12.8. The highest BCUT2D eigenvalue weighted by Crippen LogP contribution is 2.30. The van der Waals surface area contributed by atoms with Gasteiger partial charge in [0.1, 0.15) is 22.2 Å². The second kappa shape index (κ2) is 17.6. The van der Waals surface area contributed by atoms with Crippen molar-refractivity contribution in [3.8, 4) is 5.75 Å². The van der Waals surface area contributed by atoms with Crippen LogP contribution in [0.15, 0.2) is 66.9 Å². The number of aromatic nitrogens is 3. The molecule has 4 aromatic rings. The first-order valence-corrected chi connectivity index (χ1v) is 18.3. The quantitative estimate of drug-likeness (QED) is 0.132. The van der Waals surface area contributed by atoms with Gasteiger partial charge in [-0.1, -0.05) is 53.8 Å². The van der Waals surface area contributed by atoms with Gasteiger partial charge in [0.05, 0.1) is 12.8 Å². The van der Waals surface area contributed by atoms with Crippen LogP contribution in [0.5, 0.6) is 5.75 Å². The van der Waals surface area contributed by atoms with Crippen LogP contribution in [0.3, 0.4) is 0 Å². The lowest BCUT2D eigenvalue weighted by Gasteiger charge is -2.33. The first-order chi connectivity index (χ1) is 25.2. The van der Waals surface area contributed by atoms with E-state index in [2.05, 4.69) is 42.7 Å². The fourth-order valence-electron chi connectivity index (χ4n) is 5.91. The van der Waals surface area contributed by atoms with Gasteiger partial charge in [-0.25, -0.2) is 9.78 Å². The van der Waals surface area contributed by atoms with Gasteiger partial charge in [-0.3, -0.25) is 9.59 Å². The number of ether oxygens (including phenoxy) is 2. The molecule has 2 N–H and O–H groups in total. The lowest BCUT2D eigenvalue weighted by atomic mass is 9.88. The maximum Gasteiger partial charge on any atom is 0.573 e. The molecule has 1 aliphatic rings. The van der Waals surface area contributed by atoms with Gasteiger partial charge in [-0.15, -0.1) is 23.4 Å². The van der Waals surface area contributed by atoms with E-state index in [1.807, 2.05) is 39.0 Å². The fourth-order valence-corrected chi connectivity index (χ4v) is 6.71. The van der Waals surface area contributed by atoms with E-state index in [-0.39, 0.29) is 30.6 Å². The molecule has 1 fully saturated rings. The normalized spacial score (nSPS) is 13.7. The number of carbonyl (C=O) groups excluding carboxylic acids is 3. The Morgan fingerprint density at radius 2 is 1.53 bits per heavy atom. The molecule has 0 saturated carbocycles. The van der Waals surface area contributed by atoms with Crippen molar-refractivity contribution < 1.29 is 37.0 Å². The molecule has 282 valence electrons. The lowest BCUT2D eigenvalue weighted by molar-refractivity contribution is -0.274. The molecule has 2 aromatic carbocycles. The van der Waals surface area contributed by atoms with Gasteiger partial charge in [0.2, 0.25) is 16.9 Å². The Bertz CT molecular complexity index is 1850. The number of likely N-dealkylation sites (tertiary alicyclic amines) is 1. The third-order valence-corrected chi connectivity index (χ3v) is 9.24. The summed E-state index contributed by atoms with van der Waals surface area (Å²) in [6, 6.07) is 16.9. The number of rotatable bonds is 13. The molecule has 2 aromatic heterocycles. The number of alkyl halides is 3. The summed E-state index contributed by atoms with van der Waals surface area (Å²) >= 11 is 1.35. The number of amides is 3. The average Bonchev–Trinajstić information content (AvgIpc) is 3.53. The number of carbonyl (C=O) groups is 3. The Kier molecular flexibility index (Phi) is 13.0. The Hall–Kier alpha value is -5.05. The number of nitrogens with zero attached hydrogens (tertiary/aromatic N) is 4. The van der Waals surface area contributed by atoms with Crippen LogP contribution < -0.4 is 15.4 Å². The molecule has 0 bridgehead atoms. The first-order valence-electron chi connectivity index (χ1n) is 17.5. The van der Waals surface area contributed by atoms with Crippen LogP contribution in [0.25, 0.3) is 0 Å². The van der Waals surface area contributed by atoms with Gasteiger partial charge in [-0.05, 0) is 99.2 Å². The summed E-state index contributed by atoms with van der Waals surface area (Å²) in [6.45, 7) is 6.86. The van der Waals surface area contributed by atoms with E-state index in [0.717, 1.165) is 53.8 Å². The number of aryl methyl sites for hydroxylation is 2. The molecule has 5 rings (SSSR count). The van der Waals surface area contributed by atoms with E-state index < -0.39 is 17.9 Å². The molecule has 15 heteroatoms. The lowest BCUT2D eigenvalue weighted by Crippen LogP contribution is -2.41. The summed E-state index contributed by atoms with van der Waals surface area (Å²) in [5.41, 5.74) is 2.91. The molecular formula is C38H43F3N6O5S. The summed E-state index contributed by atoms with van der Waals surface area (Å²) < 4.78 is 46.9. The minimum Gasteiger partial charge on any atom is -0.444 e. The zero-order valence-corrected chi connectivity index (χ0v) is 30.7. The molecule has 0 radical (unpaired) electrons. The SMILES string of the molecule is CC(C)(C)OC(=O)N1CCC(c2cccc(CC(=O)Nc3nnc(CCCCc4ccc(NC(=O)Cc5cccc(OC(F)(F)F)c5)nc4)s3)c2)CC1. The molecule has 0 unspecified atom stereocenters. The molecule has 53 heavy (non-hydrogen) atoms. The van der Waals surface area contributed by atoms with E-state index in [0.29, 0.717) is 41.9 Å². The Labute approximate surface area is 310 Å². The molecule has 1 saturated heterocycles. The van der Waals surface area contributed by atoms with Crippen molar-refractivity contribution in [3.05, 3.63) is 94.1 Å². The molecule has 1 aliphatic heterocycles. The maximum atomic E-state index is 12.8. The third-order valence-electron chi connectivity index (χ3n) is 8.34. The Morgan fingerprint density at radius 1 is 0.849 bits per heavy atom. The highest BCUT2D eigenvalue weighted by Gasteiger charge is 2.31. The van der Waals surface area contributed by atoms with Crippen molar-refractivity contribution in [3.63, 3.8) is 0 Å². The van der Waals surface area contributed by atoms with Crippen LogP contribution >= 0.6 is 11.3 Å². The predicted molar refractivity (Wildman–Crippen MR) is 195 cm³/mol. The minimum atomic E-state index is -4.81. The first kappa shape index (κ1) is 39.2. The molecule has 0 aliphatic carbocycles. The van der Waals surface area contributed by atoms with Crippen LogP contribution in [0.4, 0.5) is 28.9 Å². The number of pyridine rings is 1. The standard InChI is InChI=1S/C38H43F3N6O5S/c1-37(2,3)52-36(50)47-18-16-28(17-19-47)29-11-6-9-26(20-29)22-33(49)44-35-46-45-34(53-35)13-5-4-8-25-14-15-31(42-24-25)43-32(48)23-27-10-7-12-30(21-27)51-38(39,40)41/h6-7,9-12,14-15,20-21,24,28H,4-5,8,13,16-19,22-23H2,1-3H3,(H,42,43,48)(H,44,46,49). The van der Waals surface area contributed by atoms with E-state index in [1.54, 1.807) is 23.2 Å². The summed E-state index contributed by atoms with van der Waals surface area (Å²) in [4.78, 5) is 43.7. The number of piperidine rings is 1. The largest absolute Gasteiger partial charge is 0.573 e. The van der Waals surface area contributed by atoms with E-state index in [4.69, 9.17) is 4.74 Å². The molecule has 3 amide bonds. The molecule has 3 heterocycles. The number of anilines is 2. The van der Waals surface area contributed by atoms with Crippen LogP contribution in [-0.2, 0) is 40.0 Å². The van der Waals surface area contributed by atoms with E-state index >= 15 is 0 Å². The Morgan fingerprint density at radius 3 is 2.21 bits per heavy atom. The zero-order chi connectivity index (χ0) is 38.0. The van der Waals surface area contributed by atoms with Crippen molar-refractivity contribution in [2.45, 2.75) is 90.0 Å². The highest BCUT2D eigenvalue weighted by molar-refractivity contribution is 7.15. The van der Waals surface area contributed by atoms with Gasteiger partial charge in [-0.2, -0.15) is 0 Å². The van der Waals surface area contributed by atoms with Gasteiger partial charge < -0.3 is 25.0 Å². The van der Waals surface area contributed by atoms with E-state index in [9.17, 15) is 27.6 Å². The summed E-state index contributed by atoms with van der Waals surface area (Å²) in [5.74, 6) is -0.314. The van der Waals surface area contributed by atoms with Crippen LogP contribution in [0, 0.1) is 0 Å². The van der Waals surface area contributed by atoms with E-state index in [1.165, 1.54) is 29.5 Å². The van der Waals surface area contributed by atoms with Crippen molar-refractivity contribution in [1.82, 2.24) is 20.1 Å².